The van der Waals surface area contributed by atoms with Gasteiger partial charge in [0.15, 0.2) is 0 Å². The fourth-order valence-corrected chi connectivity index (χ4v) is 2.37. The Morgan fingerprint density at radius 3 is 2.38 bits per heavy atom. The Bertz CT molecular complexity index is 262. The quantitative estimate of drug-likeness (QED) is 0.707. The molecule has 1 unspecified atom stereocenters. The van der Waals surface area contributed by atoms with Gasteiger partial charge in [-0.25, -0.2) is 0 Å². The van der Waals surface area contributed by atoms with Gasteiger partial charge in [-0.3, -0.25) is 4.79 Å². The van der Waals surface area contributed by atoms with E-state index in [4.69, 9.17) is 4.74 Å². The summed E-state index contributed by atoms with van der Waals surface area (Å²) in [4.78, 5) is 10.7. The molecule has 1 atom stereocenters. The van der Waals surface area contributed by atoms with E-state index in [0.29, 0.717) is 12.6 Å². The van der Waals surface area contributed by atoms with Crippen LogP contribution in [0.5, 0.6) is 0 Å². The van der Waals surface area contributed by atoms with Crippen molar-refractivity contribution in [2.45, 2.75) is 58.3 Å². The third-order valence-electron chi connectivity index (χ3n) is 2.96. The van der Waals surface area contributed by atoms with Crippen LogP contribution in [0.25, 0.3) is 0 Å². The van der Waals surface area contributed by atoms with Gasteiger partial charge in [-0.15, -0.1) is 0 Å². The summed E-state index contributed by atoms with van der Waals surface area (Å²) in [7, 11) is 0. The van der Waals surface area contributed by atoms with Crippen LogP contribution < -0.4 is 10.6 Å². The van der Waals surface area contributed by atoms with Gasteiger partial charge in [0.25, 0.3) is 0 Å². The molecule has 1 saturated heterocycles. The van der Waals surface area contributed by atoms with Gasteiger partial charge in [0, 0.05) is 26.1 Å². The van der Waals surface area contributed by atoms with Crippen molar-refractivity contribution in [3.63, 3.8) is 0 Å². The van der Waals surface area contributed by atoms with Crippen molar-refractivity contribution < 1.29 is 9.53 Å². The average Bonchev–Trinajstić information content (AvgIpc) is 2.27. The highest BCUT2D eigenvalue weighted by atomic mass is 16.5. The zero-order valence-corrected chi connectivity index (χ0v) is 11.0. The number of hydrogen-bond donors (Lipinski definition) is 2. The number of hydrogen-bond acceptors (Lipinski definition) is 3. The molecule has 1 fully saturated rings. The summed E-state index contributed by atoms with van der Waals surface area (Å²) < 4.78 is 5.98. The van der Waals surface area contributed by atoms with Crippen molar-refractivity contribution in [3.8, 4) is 0 Å². The van der Waals surface area contributed by atoms with Gasteiger partial charge in [0.2, 0.25) is 5.91 Å². The predicted molar refractivity (Wildman–Crippen MR) is 64.3 cm³/mol. The molecule has 0 aromatic rings. The van der Waals surface area contributed by atoms with Gasteiger partial charge in [0.1, 0.15) is 0 Å². The van der Waals surface area contributed by atoms with Crippen LogP contribution in [0.1, 0.15) is 41.0 Å². The predicted octanol–water partition coefficient (Wildman–Crippen LogP) is 1.06. The van der Waals surface area contributed by atoms with Crippen LogP contribution in [0.3, 0.4) is 0 Å². The summed E-state index contributed by atoms with van der Waals surface area (Å²) in [5, 5.41) is 6.22. The average molecular weight is 228 g/mol. The summed E-state index contributed by atoms with van der Waals surface area (Å²) in [6, 6.07) is 0.344. The van der Waals surface area contributed by atoms with Gasteiger partial charge >= 0.3 is 0 Å². The van der Waals surface area contributed by atoms with Crippen molar-refractivity contribution in [1.29, 1.82) is 0 Å². The molecule has 1 heterocycles. The van der Waals surface area contributed by atoms with Crippen LogP contribution in [0.4, 0.5) is 0 Å². The second kappa shape index (κ2) is 4.72. The molecular weight excluding hydrogens is 204 g/mol. The molecule has 0 aromatic carbocycles. The molecule has 0 aliphatic carbocycles. The lowest BCUT2D eigenvalue weighted by Crippen LogP contribution is -2.45. The first kappa shape index (κ1) is 13.5. The van der Waals surface area contributed by atoms with Gasteiger partial charge in [-0.2, -0.15) is 0 Å². The Morgan fingerprint density at radius 1 is 1.31 bits per heavy atom. The van der Waals surface area contributed by atoms with E-state index >= 15 is 0 Å². The van der Waals surface area contributed by atoms with Crippen LogP contribution in [0.15, 0.2) is 0 Å². The first-order valence-electron chi connectivity index (χ1n) is 5.91. The van der Waals surface area contributed by atoms with Gasteiger partial charge in [-0.1, -0.05) is 0 Å². The maximum Gasteiger partial charge on any atom is 0.216 e. The molecule has 0 bridgehead atoms. The first-order valence-corrected chi connectivity index (χ1v) is 5.91. The van der Waals surface area contributed by atoms with Gasteiger partial charge in [-0.05, 0) is 34.1 Å². The fourth-order valence-electron chi connectivity index (χ4n) is 2.37. The van der Waals surface area contributed by atoms with Crippen LogP contribution >= 0.6 is 0 Å². The number of carbonyl (C=O) groups excluding carboxylic acids is 1. The van der Waals surface area contributed by atoms with Crippen molar-refractivity contribution >= 4 is 5.91 Å². The molecule has 0 aromatic heterocycles. The minimum Gasteiger partial charge on any atom is -0.368 e. The fraction of sp³-hybridized carbons (Fsp3) is 0.917. The lowest BCUT2D eigenvalue weighted by atomic mass is 9.94. The van der Waals surface area contributed by atoms with Crippen LogP contribution in [-0.2, 0) is 9.53 Å². The molecule has 0 spiro atoms. The second-order valence-corrected chi connectivity index (χ2v) is 5.66. The maximum absolute atomic E-state index is 10.7. The lowest BCUT2D eigenvalue weighted by molar-refractivity contribution is -0.118. The zero-order chi connectivity index (χ0) is 12.4. The SMILES string of the molecule is CC(=O)NCCNC1CC(C)(C)OC1(C)C. The third-order valence-corrected chi connectivity index (χ3v) is 2.96. The first-order chi connectivity index (χ1) is 7.23. The van der Waals surface area contributed by atoms with Crippen molar-refractivity contribution in [3.05, 3.63) is 0 Å². The molecule has 1 rings (SSSR count). The Kier molecular flexibility index (Phi) is 3.97. The van der Waals surface area contributed by atoms with E-state index in [1.54, 1.807) is 0 Å². The molecule has 2 N–H and O–H groups in total. The van der Waals surface area contributed by atoms with Crippen molar-refractivity contribution in [1.82, 2.24) is 10.6 Å². The van der Waals surface area contributed by atoms with Crippen LogP contribution in [-0.4, -0.2) is 36.2 Å². The molecule has 4 heteroatoms. The van der Waals surface area contributed by atoms with E-state index in [0.717, 1.165) is 13.0 Å². The van der Waals surface area contributed by atoms with E-state index in [9.17, 15) is 4.79 Å². The van der Waals surface area contributed by atoms with E-state index < -0.39 is 0 Å². The summed E-state index contributed by atoms with van der Waals surface area (Å²) in [6.45, 7) is 11.4. The molecule has 16 heavy (non-hydrogen) atoms. The smallest absolute Gasteiger partial charge is 0.216 e. The number of carbonyl (C=O) groups is 1. The molecule has 1 aliphatic heterocycles. The highest BCUT2D eigenvalue weighted by Crippen LogP contribution is 2.36. The summed E-state index contributed by atoms with van der Waals surface area (Å²) in [5.41, 5.74) is -0.200. The van der Waals surface area contributed by atoms with E-state index in [1.807, 2.05) is 0 Å². The summed E-state index contributed by atoms with van der Waals surface area (Å²) in [6.07, 6.45) is 1.00. The Labute approximate surface area is 98.1 Å². The molecule has 1 aliphatic rings. The van der Waals surface area contributed by atoms with Crippen molar-refractivity contribution in [2.24, 2.45) is 0 Å². The van der Waals surface area contributed by atoms with Gasteiger partial charge < -0.3 is 15.4 Å². The molecule has 4 nitrogen and oxygen atoms in total. The van der Waals surface area contributed by atoms with Crippen molar-refractivity contribution in [2.75, 3.05) is 13.1 Å². The van der Waals surface area contributed by atoms with E-state index in [2.05, 4.69) is 38.3 Å². The molecular formula is C12H24N2O2. The lowest BCUT2D eigenvalue weighted by Gasteiger charge is -2.27. The number of rotatable bonds is 4. The minimum atomic E-state index is -0.139. The largest absolute Gasteiger partial charge is 0.368 e. The molecule has 94 valence electrons. The number of amides is 1. The monoisotopic (exact) mass is 228 g/mol. The Morgan fingerprint density at radius 2 is 1.94 bits per heavy atom. The third kappa shape index (κ3) is 3.76. The second-order valence-electron chi connectivity index (χ2n) is 5.66. The molecule has 0 saturated carbocycles. The maximum atomic E-state index is 10.7. The molecule has 0 radical (unpaired) electrons. The normalized spacial score (nSPS) is 26.7. The summed E-state index contributed by atoms with van der Waals surface area (Å²) >= 11 is 0. The topological polar surface area (TPSA) is 50.4 Å². The summed E-state index contributed by atoms with van der Waals surface area (Å²) in [5.74, 6) is 0.0177. The zero-order valence-electron chi connectivity index (χ0n) is 11.0. The highest BCUT2D eigenvalue weighted by Gasteiger charge is 2.45. The Balaban J connectivity index is 2.34. The van der Waals surface area contributed by atoms with Gasteiger partial charge in [0.05, 0.1) is 11.2 Å². The highest BCUT2D eigenvalue weighted by molar-refractivity contribution is 5.72. The number of nitrogens with one attached hydrogen (secondary N) is 2. The van der Waals surface area contributed by atoms with E-state index in [-0.39, 0.29) is 17.1 Å². The minimum absolute atomic E-state index is 0.0177. The van der Waals surface area contributed by atoms with Crippen LogP contribution in [0, 0.1) is 0 Å². The van der Waals surface area contributed by atoms with Crippen LogP contribution in [0.2, 0.25) is 0 Å². The standard InChI is InChI=1S/C12H24N2O2/c1-9(15)13-6-7-14-10-8-11(2,3)16-12(10,4)5/h10,14H,6-8H2,1-5H3,(H,13,15). The number of ether oxygens (including phenoxy) is 1. The van der Waals surface area contributed by atoms with E-state index in [1.165, 1.54) is 6.92 Å². The molecule has 1 amide bonds. The Hall–Kier alpha value is -0.610.